The molecule has 2 aromatic heterocycles. The molecule has 5 rings (SSSR count). The van der Waals surface area contributed by atoms with Crippen LogP contribution in [-0.4, -0.2) is 71.3 Å². The number of rotatable bonds is 7. The average Bonchev–Trinajstić information content (AvgIpc) is 3.14. The Labute approximate surface area is 211 Å². The van der Waals surface area contributed by atoms with Gasteiger partial charge in [-0.05, 0) is 95.4 Å². The summed E-state index contributed by atoms with van der Waals surface area (Å²) < 4.78 is 16.0. The lowest BCUT2D eigenvalue weighted by molar-refractivity contribution is 0.158. The largest absolute Gasteiger partial charge is 0.340 e. The summed E-state index contributed by atoms with van der Waals surface area (Å²) in [5.41, 5.74) is 5.64. The number of aromatic nitrogens is 2. The molecule has 2 atom stereocenters. The van der Waals surface area contributed by atoms with Crippen LogP contribution in [0.2, 0.25) is 0 Å². The number of benzene rings is 1. The molecule has 0 saturated carbocycles. The van der Waals surface area contributed by atoms with Crippen LogP contribution in [0, 0.1) is 0 Å². The van der Waals surface area contributed by atoms with Gasteiger partial charge in [-0.3, -0.25) is 9.89 Å². The molecule has 0 bridgehead atoms. The first-order chi connectivity index (χ1) is 16.9. The van der Waals surface area contributed by atoms with Crippen molar-refractivity contribution in [1.29, 1.82) is 0 Å². The van der Waals surface area contributed by atoms with Gasteiger partial charge >= 0.3 is 0 Å². The van der Waals surface area contributed by atoms with E-state index in [0.717, 1.165) is 59.4 Å². The molecule has 6 nitrogen and oxygen atoms in total. The van der Waals surface area contributed by atoms with Gasteiger partial charge in [0.2, 0.25) is 0 Å². The number of likely N-dealkylation sites (N-methyl/N-ethyl adjacent to an activating group) is 1. The number of nitrogens with zero attached hydrogens (tertiary/aromatic N) is 5. The van der Waals surface area contributed by atoms with Crippen molar-refractivity contribution in [1.82, 2.24) is 19.4 Å². The SMILES string of the molecule is C=Nc1cc(Nc2ccc3c4c(n(C)c3n2)CCC(N(C)C)C4)ccc1SCN1CCCC(F)C1. The molecule has 3 aromatic rings. The van der Waals surface area contributed by atoms with Gasteiger partial charge in [-0.1, -0.05) is 0 Å². The van der Waals surface area contributed by atoms with E-state index in [9.17, 15) is 4.39 Å². The quantitative estimate of drug-likeness (QED) is 0.345. The summed E-state index contributed by atoms with van der Waals surface area (Å²) in [4.78, 5) is 14.8. The van der Waals surface area contributed by atoms with Crippen LogP contribution < -0.4 is 5.32 Å². The minimum absolute atomic E-state index is 0.524. The number of pyridine rings is 1. The fraction of sp³-hybridized carbons (Fsp3) is 0.481. The van der Waals surface area contributed by atoms with Crippen molar-refractivity contribution in [3.8, 4) is 0 Å². The van der Waals surface area contributed by atoms with E-state index in [1.165, 1.54) is 23.1 Å². The van der Waals surface area contributed by atoms with Gasteiger partial charge in [0.25, 0.3) is 0 Å². The Kier molecular flexibility index (Phi) is 7.14. The van der Waals surface area contributed by atoms with E-state index in [2.05, 4.69) is 76.8 Å². The van der Waals surface area contributed by atoms with Crippen molar-refractivity contribution >= 4 is 46.7 Å². The predicted molar refractivity (Wildman–Crippen MR) is 146 cm³/mol. The van der Waals surface area contributed by atoms with Crippen LogP contribution in [0.4, 0.5) is 21.6 Å². The Balaban J connectivity index is 1.32. The highest BCUT2D eigenvalue weighted by molar-refractivity contribution is 7.99. The van der Waals surface area contributed by atoms with Crippen LogP contribution >= 0.6 is 11.8 Å². The molecule has 2 unspecified atom stereocenters. The molecular formula is C27H35FN6S. The van der Waals surface area contributed by atoms with Crippen molar-refractivity contribution in [2.75, 3.05) is 38.4 Å². The van der Waals surface area contributed by atoms with Gasteiger partial charge < -0.3 is 14.8 Å². The second-order valence-corrected chi connectivity index (χ2v) is 11.0. The van der Waals surface area contributed by atoms with Crippen LogP contribution in [0.25, 0.3) is 11.0 Å². The Morgan fingerprint density at radius 2 is 2.11 bits per heavy atom. The van der Waals surface area contributed by atoms with Gasteiger partial charge in [0.1, 0.15) is 17.6 Å². The van der Waals surface area contributed by atoms with Crippen molar-refractivity contribution in [2.45, 2.75) is 49.2 Å². The van der Waals surface area contributed by atoms with Gasteiger partial charge in [0.15, 0.2) is 0 Å². The number of aryl methyl sites for hydroxylation is 1. The summed E-state index contributed by atoms with van der Waals surface area (Å²) in [5, 5.41) is 4.71. The number of aliphatic imine (C=N–C) groups is 1. The van der Waals surface area contributed by atoms with Gasteiger partial charge in [-0.25, -0.2) is 9.37 Å². The minimum Gasteiger partial charge on any atom is -0.340 e. The summed E-state index contributed by atoms with van der Waals surface area (Å²) in [7, 11) is 6.47. The van der Waals surface area contributed by atoms with Crippen molar-refractivity contribution in [2.24, 2.45) is 12.0 Å². The number of nitrogens with one attached hydrogen (secondary N) is 1. The molecule has 0 spiro atoms. The molecule has 1 aliphatic heterocycles. The van der Waals surface area contributed by atoms with Crippen LogP contribution in [0.1, 0.15) is 30.5 Å². The highest BCUT2D eigenvalue weighted by Gasteiger charge is 2.26. The number of thioether (sulfide) groups is 1. The minimum atomic E-state index is -0.707. The Bertz CT molecular complexity index is 1220. The smallest absolute Gasteiger partial charge is 0.142 e. The monoisotopic (exact) mass is 494 g/mol. The van der Waals surface area contributed by atoms with Crippen molar-refractivity contribution < 1.29 is 4.39 Å². The summed E-state index contributed by atoms with van der Waals surface area (Å²) in [6.07, 6.45) is 4.25. The molecule has 1 N–H and O–H groups in total. The molecule has 1 aromatic carbocycles. The maximum absolute atomic E-state index is 13.7. The molecule has 2 aliphatic rings. The third-order valence-electron chi connectivity index (χ3n) is 7.41. The number of anilines is 2. The Morgan fingerprint density at radius 1 is 1.26 bits per heavy atom. The lowest BCUT2D eigenvalue weighted by atomic mass is 9.91. The number of halogens is 1. The molecule has 8 heteroatoms. The fourth-order valence-electron chi connectivity index (χ4n) is 5.39. The molecule has 1 aliphatic carbocycles. The van der Waals surface area contributed by atoms with E-state index in [0.29, 0.717) is 19.0 Å². The first-order valence-corrected chi connectivity index (χ1v) is 13.4. The summed E-state index contributed by atoms with van der Waals surface area (Å²) >= 11 is 1.69. The second-order valence-electron chi connectivity index (χ2n) is 9.97. The van der Waals surface area contributed by atoms with E-state index in [1.807, 2.05) is 6.07 Å². The zero-order valence-corrected chi connectivity index (χ0v) is 21.7. The summed E-state index contributed by atoms with van der Waals surface area (Å²) in [5.74, 6) is 1.58. The average molecular weight is 495 g/mol. The Hall–Kier alpha value is -2.42. The molecule has 3 heterocycles. The number of alkyl halides is 1. The number of fused-ring (bicyclic) bond motifs is 3. The van der Waals surface area contributed by atoms with E-state index >= 15 is 0 Å². The normalized spacial score (nSPS) is 20.8. The molecule has 1 fully saturated rings. The van der Waals surface area contributed by atoms with Gasteiger partial charge in [-0.2, -0.15) is 0 Å². The number of hydrogen-bond acceptors (Lipinski definition) is 6. The van der Waals surface area contributed by atoms with E-state index in [-0.39, 0.29) is 0 Å². The molecule has 35 heavy (non-hydrogen) atoms. The summed E-state index contributed by atoms with van der Waals surface area (Å²) in [6.45, 7) is 5.25. The highest BCUT2D eigenvalue weighted by atomic mass is 32.2. The first-order valence-electron chi connectivity index (χ1n) is 12.4. The topological polar surface area (TPSA) is 48.7 Å². The first kappa shape index (κ1) is 24.3. The standard InChI is InChI=1S/C27H35FN6S/c1-29-23-14-19(7-11-25(23)35-17-34-13-5-6-18(28)16-34)30-26-12-9-21-22-15-20(32(2)3)8-10-24(22)33(4)27(21)31-26/h7,9,11-12,14,18,20H,1,5-6,8,10,13,15-17H2,2-4H3,(H,30,31). The van der Waals surface area contributed by atoms with E-state index in [4.69, 9.17) is 4.98 Å². The summed E-state index contributed by atoms with van der Waals surface area (Å²) in [6, 6.07) is 11.0. The highest BCUT2D eigenvalue weighted by Crippen LogP contribution is 2.35. The zero-order chi connectivity index (χ0) is 24.5. The van der Waals surface area contributed by atoms with Crippen molar-refractivity contribution in [3.63, 3.8) is 0 Å². The van der Waals surface area contributed by atoms with E-state index in [1.54, 1.807) is 11.8 Å². The van der Waals surface area contributed by atoms with Gasteiger partial charge in [-0.15, -0.1) is 11.8 Å². The van der Waals surface area contributed by atoms with Crippen LogP contribution in [0.15, 0.2) is 40.2 Å². The van der Waals surface area contributed by atoms with Gasteiger partial charge in [0, 0.05) is 47.2 Å². The number of piperidine rings is 1. The number of hydrogen-bond donors (Lipinski definition) is 1. The lowest BCUT2D eigenvalue weighted by Gasteiger charge is -2.28. The van der Waals surface area contributed by atoms with Crippen molar-refractivity contribution in [3.05, 3.63) is 41.6 Å². The molecule has 186 valence electrons. The van der Waals surface area contributed by atoms with Crippen LogP contribution in [0.5, 0.6) is 0 Å². The lowest BCUT2D eigenvalue weighted by Crippen LogP contribution is -2.35. The fourth-order valence-corrected chi connectivity index (χ4v) is 6.38. The zero-order valence-electron chi connectivity index (χ0n) is 20.9. The molecule has 0 radical (unpaired) electrons. The van der Waals surface area contributed by atoms with Crippen LogP contribution in [-0.2, 0) is 19.9 Å². The molecule has 1 saturated heterocycles. The maximum atomic E-state index is 13.7. The van der Waals surface area contributed by atoms with E-state index < -0.39 is 6.17 Å². The molecular weight excluding hydrogens is 459 g/mol. The van der Waals surface area contributed by atoms with Crippen LogP contribution in [0.3, 0.4) is 0 Å². The second kappa shape index (κ2) is 10.3. The number of likely N-dealkylation sites (tertiary alicyclic amines) is 1. The Morgan fingerprint density at radius 3 is 2.89 bits per heavy atom. The third kappa shape index (κ3) is 5.10. The maximum Gasteiger partial charge on any atom is 0.142 e. The molecule has 0 amide bonds. The third-order valence-corrected chi connectivity index (χ3v) is 8.56. The van der Waals surface area contributed by atoms with Gasteiger partial charge in [0.05, 0.1) is 5.69 Å². The predicted octanol–water partition coefficient (Wildman–Crippen LogP) is 5.55.